The molecule has 0 saturated carbocycles. The Morgan fingerprint density at radius 2 is 1.26 bits per heavy atom. The number of hydrogen-bond donors (Lipinski definition) is 0. The molecule has 0 fully saturated rings. The molecule has 0 unspecified atom stereocenters. The second-order valence-electron chi connectivity index (χ2n) is 7.46. The van der Waals surface area contributed by atoms with E-state index < -0.39 is 11.6 Å². The number of fused-ring (bicyclic) bond motifs is 1. The van der Waals surface area contributed by atoms with Crippen molar-refractivity contribution in [1.29, 1.82) is 0 Å². The molecule has 4 rings (SSSR count). The van der Waals surface area contributed by atoms with Gasteiger partial charge in [0.15, 0.2) is 11.6 Å². The summed E-state index contributed by atoms with van der Waals surface area (Å²) in [4.78, 5) is 0. The molecule has 0 nitrogen and oxygen atoms in total. The Bertz CT molecular complexity index is 1290. The third-order valence-corrected chi connectivity index (χ3v) is 5.24. The molecule has 0 aliphatic rings. The van der Waals surface area contributed by atoms with E-state index in [0.29, 0.717) is 10.8 Å². The minimum Gasteiger partial charge on any atom is -0.204 e. The van der Waals surface area contributed by atoms with Gasteiger partial charge >= 0.3 is 0 Å². The molecule has 0 spiro atoms. The normalized spacial score (nSPS) is 10.9. The van der Waals surface area contributed by atoms with Crippen LogP contribution in [0.3, 0.4) is 0 Å². The molecular weight excluding hydrogens is 386 g/mol. The van der Waals surface area contributed by atoms with Gasteiger partial charge < -0.3 is 0 Å². The molecule has 0 bridgehead atoms. The van der Waals surface area contributed by atoms with E-state index in [2.05, 4.69) is 60.4 Å². The van der Waals surface area contributed by atoms with E-state index in [4.69, 9.17) is 0 Å². The number of benzene rings is 4. The standard InChI is InChI=1S/C29H22F2/c1-2-3-4-5-21-8-13-24(14-9-21)25-15-10-22(11-16-25)6-7-23-12-17-26-19-28(30)29(31)20-27(26)18-23/h2-3,8-20H,4-5H2,1H3/b3-2+. The summed E-state index contributed by atoms with van der Waals surface area (Å²) in [6.45, 7) is 2.04. The fourth-order valence-corrected chi connectivity index (χ4v) is 3.49. The van der Waals surface area contributed by atoms with Gasteiger partial charge in [-0.25, -0.2) is 8.78 Å². The second kappa shape index (κ2) is 9.41. The Morgan fingerprint density at radius 3 is 1.94 bits per heavy atom. The van der Waals surface area contributed by atoms with Gasteiger partial charge in [0.05, 0.1) is 0 Å². The summed E-state index contributed by atoms with van der Waals surface area (Å²) in [7, 11) is 0. The zero-order valence-electron chi connectivity index (χ0n) is 17.3. The minimum atomic E-state index is -0.848. The lowest BCUT2D eigenvalue weighted by Gasteiger charge is -2.04. The van der Waals surface area contributed by atoms with Crippen LogP contribution in [0.15, 0.2) is 91.0 Å². The van der Waals surface area contributed by atoms with Gasteiger partial charge in [0.2, 0.25) is 0 Å². The largest absolute Gasteiger partial charge is 0.204 e. The summed E-state index contributed by atoms with van der Waals surface area (Å²) in [6.07, 6.45) is 6.38. The quantitative estimate of drug-likeness (QED) is 0.240. The van der Waals surface area contributed by atoms with E-state index in [1.807, 2.05) is 25.1 Å². The number of rotatable bonds is 4. The summed E-state index contributed by atoms with van der Waals surface area (Å²) in [5, 5.41) is 1.29. The maximum Gasteiger partial charge on any atom is 0.159 e. The summed E-state index contributed by atoms with van der Waals surface area (Å²) in [6, 6.07) is 24.6. The predicted octanol–water partition coefficient (Wildman–Crippen LogP) is 7.69. The van der Waals surface area contributed by atoms with Crippen LogP contribution in [0.4, 0.5) is 8.78 Å². The third kappa shape index (κ3) is 5.08. The van der Waals surface area contributed by atoms with Crippen molar-refractivity contribution in [2.75, 3.05) is 0 Å². The molecule has 0 heterocycles. The molecule has 0 aliphatic carbocycles. The van der Waals surface area contributed by atoms with Gasteiger partial charge in [-0.1, -0.05) is 66.5 Å². The lowest BCUT2D eigenvalue weighted by Crippen LogP contribution is -1.85. The number of hydrogen-bond acceptors (Lipinski definition) is 0. The van der Waals surface area contributed by atoms with Gasteiger partial charge in [0.25, 0.3) is 0 Å². The Hall–Kier alpha value is -3.70. The molecule has 0 atom stereocenters. The van der Waals surface area contributed by atoms with Crippen LogP contribution in [0.25, 0.3) is 21.9 Å². The Balaban J connectivity index is 1.49. The Labute approximate surface area is 181 Å². The molecule has 152 valence electrons. The first-order valence-corrected chi connectivity index (χ1v) is 10.3. The van der Waals surface area contributed by atoms with Crippen LogP contribution in [0, 0.1) is 23.5 Å². The number of allylic oxidation sites excluding steroid dienone is 2. The van der Waals surface area contributed by atoms with Crippen molar-refractivity contribution in [3.05, 3.63) is 119 Å². The maximum atomic E-state index is 13.5. The van der Waals surface area contributed by atoms with Crippen molar-refractivity contribution in [3.63, 3.8) is 0 Å². The van der Waals surface area contributed by atoms with E-state index in [-0.39, 0.29) is 0 Å². The minimum absolute atomic E-state index is 0.634. The lowest BCUT2D eigenvalue weighted by atomic mass is 10.0. The van der Waals surface area contributed by atoms with E-state index in [1.54, 1.807) is 12.1 Å². The molecule has 2 heteroatoms. The first-order valence-electron chi connectivity index (χ1n) is 10.3. The van der Waals surface area contributed by atoms with E-state index >= 15 is 0 Å². The third-order valence-electron chi connectivity index (χ3n) is 5.24. The van der Waals surface area contributed by atoms with Gasteiger partial charge in [0, 0.05) is 11.1 Å². The molecule has 0 amide bonds. The smallest absolute Gasteiger partial charge is 0.159 e. The number of aryl methyl sites for hydroxylation is 1. The summed E-state index contributed by atoms with van der Waals surface area (Å²) in [5.74, 6) is 4.56. The Morgan fingerprint density at radius 1 is 0.677 bits per heavy atom. The summed E-state index contributed by atoms with van der Waals surface area (Å²) in [5.41, 5.74) is 5.32. The van der Waals surface area contributed by atoms with Crippen molar-refractivity contribution in [3.8, 4) is 23.0 Å². The van der Waals surface area contributed by atoms with Crippen LogP contribution in [-0.4, -0.2) is 0 Å². The van der Waals surface area contributed by atoms with Gasteiger partial charge in [-0.3, -0.25) is 0 Å². The summed E-state index contributed by atoms with van der Waals surface area (Å²) < 4.78 is 26.8. The highest BCUT2D eigenvalue weighted by Crippen LogP contribution is 2.22. The lowest BCUT2D eigenvalue weighted by molar-refractivity contribution is 0.511. The van der Waals surface area contributed by atoms with Crippen molar-refractivity contribution in [1.82, 2.24) is 0 Å². The predicted molar refractivity (Wildman–Crippen MR) is 125 cm³/mol. The molecule has 31 heavy (non-hydrogen) atoms. The van der Waals surface area contributed by atoms with E-state index in [0.717, 1.165) is 29.5 Å². The first-order chi connectivity index (χ1) is 15.1. The average Bonchev–Trinajstić information content (AvgIpc) is 2.79. The monoisotopic (exact) mass is 408 g/mol. The van der Waals surface area contributed by atoms with Crippen molar-refractivity contribution in [2.24, 2.45) is 0 Å². The zero-order valence-corrected chi connectivity index (χ0v) is 17.3. The molecule has 0 aliphatic heterocycles. The van der Waals surface area contributed by atoms with Gasteiger partial charge in [-0.15, -0.1) is 0 Å². The maximum absolute atomic E-state index is 13.5. The van der Waals surface area contributed by atoms with Crippen LogP contribution in [0.1, 0.15) is 30.0 Å². The van der Waals surface area contributed by atoms with Crippen LogP contribution >= 0.6 is 0 Å². The van der Waals surface area contributed by atoms with Crippen LogP contribution < -0.4 is 0 Å². The fraction of sp³-hybridized carbons (Fsp3) is 0.103. The van der Waals surface area contributed by atoms with Crippen molar-refractivity contribution < 1.29 is 8.78 Å². The first kappa shape index (κ1) is 20.6. The SMILES string of the molecule is C/C=C/CCc1ccc(-c2ccc(C#Cc3ccc4cc(F)c(F)cc4c3)cc2)cc1. The van der Waals surface area contributed by atoms with E-state index in [1.165, 1.54) is 23.3 Å². The van der Waals surface area contributed by atoms with Crippen molar-refractivity contribution >= 4 is 10.8 Å². The molecule has 4 aromatic rings. The van der Waals surface area contributed by atoms with Crippen LogP contribution in [-0.2, 0) is 6.42 Å². The molecule has 4 aromatic carbocycles. The van der Waals surface area contributed by atoms with Crippen LogP contribution in [0.2, 0.25) is 0 Å². The van der Waals surface area contributed by atoms with Crippen LogP contribution in [0.5, 0.6) is 0 Å². The Kier molecular flexibility index (Phi) is 6.24. The van der Waals surface area contributed by atoms with Gasteiger partial charge in [-0.2, -0.15) is 0 Å². The van der Waals surface area contributed by atoms with E-state index in [9.17, 15) is 8.78 Å². The fourth-order valence-electron chi connectivity index (χ4n) is 3.49. The zero-order chi connectivity index (χ0) is 21.6. The molecule has 0 radical (unpaired) electrons. The highest BCUT2D eigenvalue weighted by Gasteiger charge is 2.04. The topological polar surface area (TPSA) is 0 Å². The molecule has 0 aromatic heterocycles. The number of halogens is 2. The second-order valence-corrected chi connectivity index (χ2v) is 7.46. The molecule has 0 N–H and O–H groups in total. The average molecular weight is 408 g/mol. The summed E-state index contributed by atoms with van der Waals surface area (Å²) >= 11 is 0. The van der Waals surface area contributed by atoms with Gasteiger partial charge in [-0.05, 0) is 83.6 Å². The highest BCUT2D eigenvalue weighted by molar-refractivity contribution is 5.84. The van der Waals surface area contributed by atoms with Crippen molar-refractivity contribution in [2.45, 2.75) is 19.8 Å². The van der Waals surface area contributed by atoms with Gasteiger partial charge in [0.1, 0.15) is 0 Å². The molecule has 0 saturated heterocycles. The highest BCUT2D eigenvalue weighted by atomic mass is 19.2. The molecular formula is C29H22F2.